The third-order valence-corrected chi connectivity index (χ3v) is 9.30. The van der Waals surface area contributed by atoms with E-state index in [1.807, 2.05) is 0 Å². The van der Waals surface area contributed by atoms with Crippen molar-refractivity contribution in [2.45, 2.75) is 110 Å². The molecule has 2 aliphatic heterocycles. The summed E-state index contributed by atoms with van der Waals surface area (Å²) in [5, 5.41) is 63.1. The Bertz CT molecular complexity index is 1160. The molecular formula is C25H42N4O13S. The summed E-state index contributed by atoms with van der Waals surface area (Å²) in [6.45, 7) is 0.898. The molecule has 1 aromatic carbocycles. The maximum absolute atomic E-state index is 12.6. The van der Waals surface area contributed by atoms with E-state index in [1.165, 1.54) is 12.1 Å². The molecule has 15 atom stereocenters. The van der Waals surface area contributed by atoms with Gasteiger partial charge in [0.25, 0.3) is 10.1 Å². The molecule has 246 valence electrons. The predicted molar refractivity (Wildman–Crippen MR) is 145 cm³/mol. The molecule has 1 aliphatic carbocycles. The number of nitrogens with two attached hydrogens (primary N) is 4. The number of benzene rings is 1. The number of rotatable bonds is 9. The Morgan fingerprint density at radius 2 is 1.30 bits per heavy atom. The summed E-state index contributed by atoms with van der Waals surface area (Å²) in [5.74, 6) is 0. The van der Waals surface area contributed by atoms with E-state index in [2.05, 4.69) is 0 Å². The molecule has 18 heteroatoms. The zero-order valence-electron chi connectivity index (χ0n) is 23.3. The van der Waals surface area contributed by atoms with Crippen molar-refractivity contribution in [3.05, 3.63) is 29.8 Å². The standard InChI is InChI=1S/C25H42N4O13S/c1-9-2-4-10(5-3-9)43(36,37)38-8-14-16(30)15(29)18(32)24(40-14)41-22-11(27)6-12(28)23(21(22)35)42-25-20(34)19(33)17(31)13(7-26)39-25/h2-5,11-25,30-35H,6-8,26-29H2,1H3/t11-,12+,13-,14-,15+,16-,17-,18-,19+,20-,21-,22+,23-,24-,25-/m1/s1. The number of hydrogen-bond acceptors (Lipinski definition) is 17. The number of aliphatic hydroxyl groups is 6. The maximum atomic E-state index is 12.6. The second-order valence-corrected chi connectivity index (χ2v) is 12.8. The Labute approximate surface area is 248 Å². The van der Waals surface area contributed by atoms with E-state index < -0.39 is 108 Å². The third kappa shape index (κ3) is 7.36. The molecular weight excluding hydrogens is 596 g/mol. The molecule has 17 nitrogen and oxygen atoms in total. The van der Waals surface area contributed by atoms with E-state index >= 15 is 0 Å². The van der Waals surface area contributed by atoms with Crippen LogP contribution < -0.4 is 22.9 Å². The Hall–Kier alpha value is -1.43. The van der Waals surface area contributed by atoms with Gasteiger partial charge in [0.2, 0.25) is 0 Å². The maximum Gasteiger partial charge on any atom is 0.297 e. The van der Waals surface area contributed by atoms with Crippen LogP contribution in [0, 0.1) is 6.92 Å². The largest absolute Gasteiger partial charge is 0.389 e. The van der Waals surface area contributed by atoms with E-state index in [4.69, 9.17) is 46.1 Å². The highest BCUT2D eigenvalue weighted by Crippen LogP contribution is 2.31. The SMILES string of the molecule is Cc1ccc(S(=O)(=O)OC[C@H]2O[C@H](O[C@@H]3[C@@H](O)[C@H](O[C@H]4O[C@H](CN)[C@@H](O)[C@H](O)[C@H]4O)[C@@H](N)C[C@H]3N)[C@H](O)[C@@H](N)[C@@H]2O)cc1. The van der Waals surface area contributed by atoms with Crippen LogP contribution in [0.5, 0.6) is 0 Å². The molecule has 0 spiro atoms. The first-order chi connectivity index (χ1) is 20.2. The quantitative estimate of drug-likeness (QED) is 0.113. The normalized spacial score (nSPS) is 44.3. The molecule has 0 amide bonds. The van der Waals surface area contributed by atoms with Crippen LogP contribution in [0.1, 0.15) is 12.0 Å². The van der Waals surface area contributed by atoms with Crippen molar-refractivity contribution in [2.24, 2.45) is 22.9 Å². The lowest BCUT2D eigenvalue weighted by atomic mass is 9.84. The fraction of sp³-hybridized carbons (Fsp3) is 0.760. The van der Waals surface area contributed by atoms with E-state index in [9.17, 15) is 39.1 Å². The van der Waals surface area contributed by atoms with Gasteiger partial charge in [0.15, 0.2) is 12.6 Å². The highest BCUT2D eigenvalue weighted by molar-refractivity contribution is 7.86. The lowest BCUT2D eigenvalue weighted by Crippen LogP contribution is -2.68. The van der Waals surface area contributed by atoms with Crippen molar-refractivity contribution in [2.75, 3.05) is 13.2 Å². The van der Waals surface area contributed by atoms with Gasteiger partial charge in [-0.2, -0.15) is 8.42 Å². The second-order valence-electron chi connectivity index (χ2n) is 11.2. The molecule has 1 aromatic rings. The smallest absolute Gasteiger partial charge is 0.297 e. The van der Waals surface area contributed by atoms with Gasteiger partial charge >= 0.3 is 0 Å². The highest BCUT2D eigenvalue weighted by Gasteiger charge is 2.51. The van der Waals surface area contributed by atoms with Gasteiger partial charge in [0.05, 0.1) is 17.5 Å². The van der Waals surface area contributed by atoms with Crippen LogP contribution in [0.2, 0.25) is 0 Å². The van der Waals surface area contributed by atoms with Gasteiger partial charge < -0.3 is 72.5 Å². The molecule has 43 heavy (non-hydrogen) atoms. The number of ether oxygens (including phenoxy) is 4. The van der Waals surface area contributed by atoms with Crippen molar-refractivity contribution < 1.29 is 62.2 Å². The Balaban J connectivity index is 1.45. The summed E-state index contributed by atoms with van der Waals surface area (Å²) in [6.07, 6.45) is -17.8. The van der Waals surface area contributed by atoms with Crippen molar-refractivity contribution in [3.63, 3.8) is 0 Å². The average Bonchev–Trinajstić information content (AvgIpc) is 2.96. The van der Waals surface area contributed by atoms with Crippen LogP contribution in [0.15, 0.2) is 29.2 Å². The van der Waals surface area contributed by atoms with Crippen molar-refractivity contribution in [1.29, 1.82) is 0 Å². The molecule has 14 N–H and O–H groups in total. The molecule has 0 unspecified atom stereocenters. The van der Waals surface area contributed by atoms with Gasteiger partial charge in [0.1, 0.15) is 61.0 Å². The van der Waals surface area contributed by atoms with E-state index in [0.717, 1.165) is 5.56 Å². The molecule has 0 bridgehead atoms. The average molecular weight is 639 g/mol. The zero-order chi connectivity index (χ0) is 31.8. The van der Waals surface area contributed by atoms with Crippen LogP contribution >= 0.6 is 0 Å². The molecule has 4 rings (SSSR count). The predicted octanol–water partition coefficient (Wildman–Crippen LogP) is -5.57. The van der Waals surface area contributed by atoms with Crippen LogP contribution in [-0.4, -0.2) is 144 Å². The first kappa shape index (κ1) is 34.4. The van der Waals surface area contributed by atoms with Crippen LogP contribution in [0.25, 0.3) is 0 Å². The summed E-state index contributed by atoms with van der Waals surface area (Å²) in [7, 11) is -4.24. The number of hydrogen-bond donors (Lipinski definition) is 10. The van der Waals surface area contributed by atoms with Gasteiger partial charge in [-0.3, -0.25) is 4.18 Å². The summed E-state index contributed by atoms with van der Waals surface area (Å²) in [5.41, 5.74) is 24.8. The van der Waals surface area contributed by atoms with Gasteiger partial charge in [-0.1, -0.05) is 17.7 Å². The van der Waals surface area contributed by atoms with Gasteiger partial charge in [-0.05, 0) is 25.5 Å². The molecule has 2 saturated heterocycles. The zero-order valence-corrected chi connectivity index (χ0v) is 24.2. The highest BCUT2D eigenvalue weighted by atomic mass is 32.2. The first-order valence-corrected chi connectivity index (χ1v) is 15.2. The Morgan fingerprint density at radius 1 is 0.767 bits per heavy atom. The van der Waals surface area contributed by atoms with E-state index in [0.29, 0.717) is 0 Å². The third-order valence-electron chi connectivity index (χ3n) is 8.00. The Morgan fingerprint density at radius 3 is 1.86 bits per heavy atom. The van der Waals surface area contributed by atoms with E-state index in [1.54, 1.807) is 19.1 Å². The molecule has 1 saturated carbocycles. The topological polar surface area (TPSA) is 306 Å². The molecule has 2 heterocycles. The van der Waals surface area contributed by atoms with Crippen molar-refractivity contribution in [1.82, 2.24) is 0 Å². The molecule has 3 aliphatic rings. The first-order valence-electron chi connectivity index (χ1n) is 13.8. The van der Waals surface area contributed by atoms with Crippen LogP contribution in [-0.2, 0) is 33.2 Å². The van der Waals surface area contributed by atoms with E-state index in [-0.39, 0.29) is 17.9 Å². The summed E-state index contributed by atoms with van der Waals surface area (Å²) >= 11 is 0. The Kier molecular flexibility index (Phi) is 11.1. The lowest BCUT2D eigenvalue weighted by molar-refractivity contribution is -0.331. The molecule has 0 aromatic heterocycles. The van der Waals surface area contributed by atoms with Crippen molar-refractivity contribution >= 4 is 10.1 Å². The fourth-order valence-electron chi connectivity index (χ4n) is 5.32. The number of aliphatic hydroxyl groups excluding tert-OH is 6. The van der Waals surface area contributed by atoms with Gasteiger partial charge in [0, 0.05) is 18.6 Å². The summed E-state index contributed by atoms with van der Waals surface area (Å²) in [4.78, 5) is -0.119. The fourth-order valence-corrected chi connectivity index (χ4v) is 6.24. The van der Waals surface area contributed by atoms with Crippen molar-refractivity contribution in [3.8, 4) is 0 Å². The number of aryl methyl sites for hydroxylation is 1. The van der Waals surface area contributed by atoms with Crippen LogP contribution in [0.3, 0.4) is 0 Å². The molecule has 3 fully saturated rings. The van der Waals surface area contributed by atoms with Crippen LogP contribution in [0.4, 0.5) is 0 Å². The lowest BCUT2D eigenvalue weighted by Gasteiger charge is -2.48. The monoisotopic (exact) mass is 638 g/mol. The van der Waals surface area contributed by atoms with Gasteiger partial charge in [-0.25, -0.2) is 0 Å². The second kappa shape index (κ2) is 13.9. The minimum atomic E-state index is -4.24. The minimum Gasteiger partial charge on any atom is -0.389 e. The molecule has 0 radical (unpaired) electrons. The summed E-state index contributed by atoms with van der Waals surface area (Å²) < 4.78 is 53.1. The van der Waals surface area contributed by atoms with Gasteiger partial charge in [-0.15, -0.1) is 0 Å². The minimum absolute atomic E-state index is 0.0134. The summed E-state index contributed by atoms with van der Waals surface area (Å²) in [6, 6.07) is 2.68.